The molecular formula is C64H58N4O. The molecule has 10 aromatic rings. The zero-order valence-corrected chi connectivity index (χ0v) is 37.0. The van der Waals surface area contributed by atoms with Crippen molar-refractivity contribution in [3.8, 4) is 50.7 Å². The third-order valence-electron chi connectivity index (χ3n) is 11.5. The molecule has 2 aromatic heterocycles. The summed E-state index contributed by atoms with van der Waals surface area (Å²) in [6.45, 7) is -14.2. The summed E-state index contributed by atoms with van der Waals surface area (Å²) in [7, 11) is 0. The van der Waals surface area contributed by atoms with Crippen molar-refractivity contribution in [2.75, 3.05) is 16.5 Å². The zero-order valence-electron chi connectivity index (χ0n) is 70.0. The van der Waals surface area contributed by atoms with Gasteiger partial charge in [0.05, 0.1) is 52.8 Å². The highest BCUT2D eigenvalue weighted by molar-refractivity contribution is 6.09. The van der Waals surface area contributed by atoms with E-state index in [2.05, 4.69) is 4.98 Å². The normalized spacial score (nSPS) is 20.6. The molecule has 1 aliphatic heterocycles. The van der Waals surface area contributed by atoms with E-state index >= 15 is 0 Å². The van der Waals surface area contributed by atoms with Crippen LogP contribution in [0.4, 0.5) is 22.7 Å². The fourth-order valence-electron chi connectivity index (χ4n) is 8.20. The number of nitrogens with zero attached hydrogens (tertiary/aromatic N) is 4. The standard InChI is InChI=1S/C64H58N4O/c1-42-35-36-65-61(37-42)68-57-20-10-9-17-55(57)56-34-32-51(40-60(56)68)69-50-16-13-15-49(39-50)66-41-67(59-22-12-11-21-58(59)66)62-53(18-14-19-54(62)46-27-29-47(30-28-46)63(3,4)5)45-25-23-44(24-26-45)52-33-31-48(38-43(52)2)64(6,7)8/h9-40H,41H2,1-8H3/i1D3,2D3,3D3,4D3,5D3,9D,10D,14D,17D,18D,19D,20D,23D,24D,25D,26D,27D,28D,29D,30D,31D,33D,38D. The van der Waals surface area contributed by atoms with Crippen LogP contribution in [0, 0.1) is 13.7 Å². The van der Waals surface area contributed by atoms with E-state index in [1.54, 1.807) is 62.1 Å². The Bertz CT molecular complexity index is 5120. The lowest BCUT2D eigenvalue weighted by atomic mass is 9.84. The van der Waals surface area contributed by atoms with Gasteiger partial charge in [0.25, 0.3) is 0 Å². The Hall–Kier alpha value is -7.89. The number of aryl methyl sites for hydroxylation is 1. The summed E-state index contributed by atoms with van der Waals surface area (Å²) in [5, 5.41) is 0.395. The van der Waals surface area contributed by atoms with Crippen LogP contribution in [-0.2, 0) is 10.8 Å². The molecule has 5 heteroatoms. The summed E-state index contributed by atoms with van der Waals surface area (Å²) in [5.41, 5.74) is -13.3. The van der Waals surface area contributed by atoms with E-state index < -0.39 is 211 Å². The fourth-order valence-corrected chi connectivity index (χ4v) is 8.20. The lowest BCUT2D eigenvalue weighted by Gasteiger charge is -2.27. The molecular weight excluding hydrogens is 841 g/mol. The summed E-state index contributed by atoms with van der Waals surface area (Å²) in [6.07, 6.45) is 1.25. The van der Waals surface area contributed by atoms with Gasteiger partial charge in [-0.1, -0.05) is 162 Å². The van der Waals surface area contributed by atoms with Crippen LogP contribution in [-0.4, -0.2) is 16.2 Å². The van der Waals surface area contributed by atoms with Crippen LogP contribution in [0.3, 0.4) is 0 Å². The number of benzene rings is 8. The minimum Gasteiger partial charge on any atom is -0.457 e. The molecule has 3 heterocycles. The van der Waals surface area contributed by atoms with Crippen molar-refractivity contribution >= 4 is 44.6 Å². The van der Waals surface area contributed by atoms with Crippen LogP contribution in [0.2, 0.25) is 0 Å². The smallest absolute Gasteiger partial charge is 0.137 e. The first kappa shape index (κ1) is 20.4. The number of hydrogen-bond donors (Lipinski definition) is 0. The van der Waals surface area contributed by atoms with Crippen LogP contribution < -0.4 is 14.5 Å². The number of hydrogen-bond acceptors (Lipinski definition) is 4. The first-order valence-corrected chi connectivity index (χ1v) is 21.4. The molecule has 0 N–H and O–H groups in total. The molecule has 8 aromatic carbocycles. The van der Waals surface area contributed by atoms with Gasteiger partial charge in [0.2, 0.25) is 0 Å². The molecule has 0 saturated heterocycles. The average molecular weight is 932 g/mol. The molecule has 0 bridgehead atoms. The first-order valence-electron chi connectivity index (χ1n) is 37.9. The van der Waals surface area contributed by atoms with Crippen LogP contribution in [0.1, 0.15) is 109 Å². The number of aromatic nitrogens is 2. The van der Waals surface area contributed by atoms with Gasteiger partial charge >= 0.3 is 0 Å². The van der Waals surface area contributed by atoms with Gasteiger partial charge in [-0.25, -0.2) is 4.98 Å². The summed E-state index contributed by atoms with van der Waals surface area (Å²) in [4.78, 5) is 7.31. The second kappa shape index (κ2) is 17.0. The summed E-state index contributed by atoms with van der Waals surface area (Å²) in [6, 6.07) is 1.66. The van der Waals surface area contributed by atoms with Crippen LogP contribution >= 0.6 is 0 Å². The highest BCUT2D eigenvalue weighted by Crippen LogP contribution is 2.51. The largest absolute Gasteiger partial charge is 0.457 e. The zero-order chi connectivity index (χ0) is 75.8. The maximum absolute atomic E-state index is 9.85. The van der Waals surface area contributed by atoms with E-state index in [1.807, 2.05) is 0 Å². The van der Waals surface area contributed by atoms with Crippen molar-refractivity contribution in [1.29, 1.82) is 0 Å². The van der Waals surface area contributed by atoms with Gasteiger partial charge in [-0.15, -0.1) is 0 Å². The van der Waals surface area contributed by atoms with Gasteiger partial charge < -0.3 is 14.5 Å². The van der Waals surface area contributed by atoms with Gasteiger partial charge in [-0.05, 0) is 124 Å². The van der Waals surface area contributed by atoms with Gasteiger partial charge in [0.1, 0.15) is 24.0 Å². The van der Waals surface area contributed by atoms with Crippen molar-refractivity contribution in [3.05, 3.63) is 216 Å². The first-order chi connectivity index (χ1) is 47.0. The van der Waals surface area contributed by atoms with E-state index in [-0.39, 0.29) is 61.9 Å². The number of pyridine rings is 1. The monoisotopic (exact) mass is 932 g/mol. The van der Waals surface area contributed by atoms with Gasteiger partial charge in [0, 0.05) is 66.5 Å². The van der Waals surface area contributed by atoms with Gasteiger partial charge in [-0.3, -0.25) is 4.57 Å². The highest BCUT2D eigenvalue weighted by Gasteiger charge is 2.32. The lowest BCUT2D eigenvalue weighted by Crippen LogP contribution is -2.25. The molecule has 0 atom stereocenters. The van der Waals surface area contributed by atoms with Gasteiger partial charge in [0.15, 0.2) is 0 Å². The number of fused-ring (bicyclic) bond motifs is 4. The number of ether oxygens (including phenoxy) is 1. The Labute approximate surface area is 453 Å². The number of rotatable bonds is 8. The maximum Gasteiger partial charge on any atom is 0.137 e. The number of anilines is 4. The molecule has 11 rings (SSSR count). The predicted molar refractivity (Wildman–Crippen MR) is 290 cm³/mol. The minimum absolute atomic E-state index is 0.00677. The third kappa shape index (κ3) is 8.12. The summed E-state index contributed by atoms with van der Waals surface area (Å²) < 4.78 is 303. The molecule has 69 heavy (non-hydrogen) atoms. The predicted octanol–water partition coefficient (Wildman–Crippen LogP) is 17.4. The molecule has 340 valence electrons. The SMILES string of the molecule is [2H]c1c([2H])c(-c2c([2H])c([2H])c(-c3c([2H])c([2H])c(C(C)(C)C)c([2H])c3C([2H])([2H])[2H])c([2H])c2[2H])c(N2CN(c3cccc(Oc4ccc5c6c([2H])c([2H])c([2H])c([2H])c6n(-c6cc(C([2H])([2H])[2H])ccn6)c5c4)c3)c3ccccc32)c(-c2c([2H])c([2H])c(C(C([2H])([2H])[2H])(C([2H])([2H])[2H])C([2H])([2H])[2H])c([2H])c2[2H])c1[2H]. The molecule has 0 amide bonds. The Kier molecular flexibility index (Phi) is 5.02. The van der Waals surface area contributed by atoms with Crippen LogP contribution in [0.15, 0.2) is 194 Å². The Morgan fingerprint density at radius 2 is 1.26 bits per heavy atom. The van der Waals surface area contributed by atoms with E-state index in [0.29, 0.717) is 5.39 Å². The minimum atomic E-state index is -4.15. The Morgan fingerprint density at radius 1 is 0.565 bits per heavy atom. The van der Waals surface area contributed by atoms with E-state index in [0.717, 1.165) is 0 Å². The molecule has 0 fully saturated rings. The van der Waals surface area contributed by atoms with E-state index in [4.69, 9.17) is 32.2 Å². The number of para-hydroxylation sites is 4. The molecule has 0 saturated carbocycles. The topological polar surface area (TPSA) is 33.5 Å². The van der Waals surface area contributed by atoms with Gasteiger partial charge in [-0.2, -0.15) is 0 Å². The summed E-state index contributed by atoms with van der Waals surface area (Å²) in [5.74, 6) is 0.202. The van der Waals surface area contributed by atoms with Crippen molar-refractivity contribution in [2.45, 2.75) is 65.9 Å². The fraction of sp³-hybridized carbons (Fsp3) is 0.172. The van der Waals surface area contributed by atoms with Crippen molar-refractivity contribution in [2.24, 2.45) is 0 Å². The second-order valence-corrected chi connectivity index (χ2v) is 17.2. The summed E-state index contributed by atoms with van der Waals surface area (Å²) >= 11 is 0. The van der Waals surface area contributed by atoms with Crippen molar-refractivity contribution < 1.29 is 50.0 Å². The van der Waals surface area contributed by atoms with Crippen molar-refractivity contribution in [1.82, 2.24) is 9.55 Å². The highest BCUT2D eigenvalue weighted by atomic mass is 16.5. The molecule has 0 aliphatic carbocycles. The van der Waals surface area contributed by atoms with E-state index in [1.165, 1.54) is 58.1 Å². The second-order valence-electron chi connectivity index (χ2n) is 17.2. The van der Waals surface area contributed by atoms with E-state index in [9.17, 15) is 17.8 Å². The average Bonchev–Trinajstić information content (AvgIpc) is 0.868. The Morgan fingerprint density at radius 3 is 1.99 bits per heavy atom. The molecule has 0 spiro atoms. The maximum atomic E-state index is 9.85. The quantitative estimate of drug-likeness (QED) is 0.152. The third-order valence-corrected chi connectivity index (χ3v) is 11.5. The molecule has 0 radical (unpaired) electrons. The molecule has 1 aliphatic rings. The molecule has 5 nitrogen and oxygen atoms in total. The van der Waals surface area contributed by atoms with Crippen LogP contribution in [0.25, 0.3) is 61.0 Å². The lowest BCUT2D eigenvalue weighted by molar-refractivity contribution is 0.483. The Balaban J connectivity index is 1.17. The van der Waals surface area contributed by atoms with Crippen LogP contribution in [0.5, 0.6) is 11.5 Å². The molecule has 0 unspecified atom stereocenters. The van der Waals surface area contributed by atoms with Crippen molar-refractivity contribution in [3.63, 3.8) is 0 Å².